The second-order valence-electron chi connectivity index (χ2n) is 15.2. The molecule has 0 unspecified atom stereocenters. The summed E-state index contributed by atoms with van der Waals surface area (Å²) in [4.78, 5) is 4.90. The van der Waals surface area contributed by atoms with Crippen LogP contribution in [-0.4, -0.2) is 0 Å². The fourth-order valence-electron chi connectivity index (χ4n) is 9.22. The predicted octanol–water partition coefficient (Wildman–Crippen LogP) is 16.9. The number of benzene rings is 10. The van der Waals surface area contributed by atoms with Crippen molar-refractivity contribution in [2.24, 2.45) is 0 Å². The van der Waals surface area contributed by atoms with Gasteiger partial charge in [0.25, 0.3) is 0 Å². The van der Waals surface area contributed by atoms with Gasteiger partial charge < -0.3 is 14.2 Å². The fraction of sp³-hybridized carbons (Fsp3) is 0. The van der Waals surface area contributed by atoms with E-state index in [2.05, 4.69) is 222 Å². The first-order valence-electron chi connectivity index (χ1n) is 20.3. The Kier molecular flexibility index (Phi) is 8.03. The van der Waals surface area contributed by atoms with Crippen LogP contribution in [0.4, 0.5) is 34.1 Å². The van der Waals surface area contributed by atoms with E-state index in [0.717, 1.165) is 67.2 Å². The van der Waals surface area contributed by atoms with E-state index in [1.54, 1.807) is 0 Å². The lowest BCUT2D eigenvalue weighted by Gasteiger charge is -2.30. The second kappa shape index (κ2) is 14.0. The van der Waals surface area contributed by atoms with Crippen LogP contribution in [0.3, 0.4) is 0 Å². The summed E-state index contributed by atoms with van der Waals surface area (Å²) in [6.07, 6.45) is 0. The van der Waals surface area contributed by atoms with E-state index < -0.39 is 0 Å². The Hall–Kier alpha value is -7.66. The summed E-state index contributed by atoms with van der Waals surface area (Å²) in [6, 6.07) is 78.8. The van der Waals surface area contributed by atoms with Crippen molar-refractivity contribution >= 4 is 109 Å². The van der Waals surface area contributed by atoms with Crippen molar-refractivity contribution in [3.8, 4) is 11.1 Å². The van der Waals surface area contributed by atoms with E-state index in [1.165, 1.54) is 41.7 Å². The highest BCUT2D eigenvalue weighted by molar-refractivity contribution is 7.26. The number of rotatable bonds is 7. The molecule has 0 aliphatic heterocycles. The van der Waals surface area contributed by atoms with Crippen LogP contribution in [0.5, 0.6) is 0 Å². The third-order valence-electron chi connectivity index (χ3n) is 11.8. The zero-order valence-corrected chi connectivity index (χ0v) is 33.3. The number of nitrogens with zero attached hydrogens (tertiary/aromatic N) is 2. The highest BCUT2D eigenvalue weighted by atomic mass is 32.1. The maximum atomic E-state index is 6.46. The third kappa shape index (κ3) is 5.49. The summed E-state index contributed by atoms with van der Waals surface area (Å²) in [5, 5.41) is 9.53. The summed E-state index contributed by atoms with van der Waals surface area (Å²) >= 11 is 1.85. The van der Waals surface area contributed by atoms with E-state index >= 15 is 0 Å². The van der Waals surface area contributed by atoms with Gasteiger partial charge in [-0.05, 0) is 101 Å². The fourth-order valence-corrected chi connectivity index (χ4v) is 10.3. The molecule has 0 aliphatic carbocycles. The maximum absolute atomic E-state index is 6.46. The lowest BCUT2D eigenvalue weighted by molar-refractivity contribution is 0.669. The highest BCUT2D eigenvalue weighted by Crippen LogP contribution is 2.51. The maximum Gasteiger partial charge on any atom is 0.137 e. The van der Waals surface area contributed by atoms with Gasteiger partial charge in [0.2, 0.25) is 0 Å². The van der Waals surface area contributed by atoms with Gasteiger partial charge in [0, 0.05) is 47.9 Å². The average Bonchev–Trinajstić information content (AvgIpc) is 3.89. The largest absolute Gasteiger partial charge is 0.456 e. The molecular weight excluding hydrogens is 749 g/mol. The molecule has 0 saturated heterocycles. The van der Waals surface area contributed by atoms with Crippen molar-refractivity contribution in [3.63, 3.8) is 0 Å². The topological polar surface area (TPSA) is 19.6 Å². The van der Waals surface area contributed by atoms with Crippen molar-refractivity contribution in [1.82, 2.24) is 0 Å². The third-order valence-corrected chi connectivity index (χ3v) is 12.9. The van der Waals surface area contributed by atoms with Gasteiger partial charge in [-0.25, -0.2) is 0 Å². The van der Waals surface area contributed by atoms with Crippen molar-refractivity contribution in [1.29, 1.82) is 0 Å². The summed E-state index contributed by atoms with van der Waals surface area (Å²) < 4.78 is 9.01. The summed E-state index contributed by atoms with van der Waals surface area (Å²) in [5.74, 6) is 0. The first kappa shape index (κ1) is 34.4. The van der Waals surface area contributed by atoms with Gasteiger partial charge in [-0.3, -0.25) is 0 Å². The molecule has 0 atom stereocenters. The van der Waals surface area contributed by atoms with Gasteiger partial charge in [-0.15, -0.1) is 11.3 Å². The van der Waals surface area contributed by atoms with Crippen LogP contribution in [0.25, 0.3) is 74.8 Å². The Labute approximate surface area is 351 Å². The molecule has 0 fully saturated rings. The number of fused-ring (bicyclic) bond motifs is 9. The minimum Gasteiger partial charge on any atom is -0.456 e. The standard InChI is InChI=1S/C56H36N2OS/c1-3-18-40(19-4-1)57(47-27-15-30-51-55(47)44-24-10-13-29-50(44)59-51)46-26-12-9-22-42(46)39-35-38-34-33-37-17-7-8-23-43(37)54(38)49(36-39)58(41-20-5-2-6-21-41)48-28-16-32-53-56(48)45-25-11-14-31-52(45)60-53/h1-36H. The van der Waals surface area contributed by atoms with Crippen LogP contribution < -0.4 is 9.80 Å². The molecule has 60 heavy (non-hydrogen) atoms. The quantitative estimate of drug-likeness (QED) is 0.150. The molecule has 3 nitrogen and oxygen atoms in total. The van der Waals surface area contributed by atoms with Gasteiger partial charge >= 0.3 is 0 Å². The zero-order valence-electron chi connectivity index (χ0n) is 32.5. The molecule has 0 aliphatic rings. The minimum atomic E-state index is 0.862. The van der Waals surface area contributed by atoms with Crippen LogP contribution in [0.1, 0.15) is 0 Å². The number of hydrogen-bond donors (Lipinski definition) is 0. The molecule has 4 heteroatoms. The predicted molar refractivity (Wildman–Crippen MR) is 256 cm³/mol. The van der Waals surface area contributed by atoms with Crippen LogP contribution in [0.2, 0.25) is 0 Å². The monoisotopic (exact) mass is 784 g/mol. The van der Waals surface area contributed by atoms with Gasteiger partial charge in [-0.1, -0.05) is 140 Å². The van der Waals surface area contributed by atoms with Crippen LogP contribution in [0.15, 0.2) is 223 Å². The molecule has 0 radical (unpaired) electrons. The van der Waals surface area contributed by atoms with Gasteiger partial charge in [0.1, 0.15) is 11.2 Å². The highest BCUT2D eigenvalue weighted by Gasteiger charge is 2.25. The van der Waals surface area contributed by atoms with E-state index in [4.69, 9.17) is 4.42 Å². The SMILES string of the molecule is c1ccc(N(c2ccccc2-c2cc(N(c3ccccc3)c3cccc4sc5ccccc5c34)c3c(ccc4ccccc43)c2)c2cccc3oc4ccccc4c23)cc1. The van der Waals surface area contributed by atoms with Gasteiger partial charge in [-0.2, -0.15) is 0 Å². The Balaban J connectivity index is 1.17. The van der Waals surface area contributed by atoms with E-state index in [1.807, 2.05) is 17.4 Å². The van der Waals surface area contributed by atoms with Crippen molar-refractivity contribution < 1.29 is 4.42 Å². The first-order chi connectivity index (χ1) is 29.8. The Morgan fingerprint density at radius 3 is 1.72 bits per heavy atom. The van der Waals surface area contributed by atoms with E-state index in [0.29, 0.717) is 0 Å². The number of thiophene rings is 1. The van der Waals surface area contributed by atoms with Crippen LogP contribution >= 0.6 is 11.3 Å². The Bertz CT molecular complexity index is 3570. The molecule has 12 rings (SSSR count). The average molecular weight is 785 g/mol. The lowest BCUT2D eigenvalue weighted by Crippen LogP contribution is -2.12. The second-order valence-corrected chi connectivity index (χ2v) is 16.3. The van der Waals surface area contributed by atoms with Crippen molar-refractivity contribution in [2.75, 3.05) is 9.80 Å². The Morgan fingerprint density at radius 1 is 0.333 bits per heavy atom. The van der Waals surface area contributed by atoms with E-state index in [-0.39, 0.29) is 0 Å². The zero-order chi connectivity index (χ0) is 39.6. The van der Waals surface area contributed by atoms with Crippen LogP contribution in [0, 0.1) is 0 Å². The number of anilines is 6. The minimum absolute atomic E-state index is 0.862. The number of furan rings is 1. The normalized spacial score (nSPS) is 11.7. The molecule has 0 N–H and O–H groups in total. The van der Waals surface area contributed by atoms with Gasteiger partial charge in [0.05, 0.1) is 28.1 Å². The Morgan fingerprint density at radius 2 is 0.900 bits per heavy atom. The molecule has 0 spiro atoms. The molecule has 282 valence electrons. The van der Waals surface area contributed by atoms with Crippen molar-refractivity contribution in [2.45, 2.75) is 0 Å². The molecular formula is C56H36N2OS. The smallest absolute Gasteiger partial charge is 0.137 e. The first-order valence-corrected chi connectivity index (χ1v) is 21.2. The molecule has 0 amide bonds. The molecule has 12 aromatic rings. The summed E-state index contributed by atoms with van der Waals surface area (Å²) in [5.41, 5.74) is 10.6. The van der Waals surface area contributed by atoms with Crippen molar-refractivity contribution in [3.05, 3.63) is 218 Å². The molecule has 2 aromatic heterocycles. The lowest BCUT2D eigenvalue weighted by atomic mass is 9.93. The number of para-hydroxylation sites is 4. The summed E-state index contributed by atoms with van der Waals surface area (Å²) in [7, 11) is 0. The molecule has 2 heterocycles. The molecule has 0 bridgehead atoms. The molecule has 0 saturated carbocycles. The van der Waals surface area contributed by atoms with E-state index in [9.17, 15) is 0 Å². The van der Waals surface area contributed by atoms with Gasteiger partial charge in [0.15, 0.2) is 0 Å². The van der Waals surface area contributed by atoms with Crippen LogP contribution in [-0.2, 0) is 0 Å². The number of hydrogen-bond acceptors (Lipinski definition) is 4. The molecule has 10 aromatic carbocycles. The summed E-state index contributed by atoms with van der Waals surface area (Å²) in [6.45, 7) is 0.